The van der Waals surface area contributed by atoms with Crippen LogP contribution < -0.4 is 4.90 Å². The summed E-state index contributed by atoms with van der Waals surface area (Å²) in [6, 6.07) is 15.8. The number of hydrogen-bond donors (Lipinski definition) is 0. The van der Waals surface area contributed by atoms with Crippen LogP contribution in [-0.2, 0) is 11.2 Å². The van der Waals surface area contributed by atoms with E-state index >= 15 is 0 Å². The summed E-state index contributed by atoms with van der Waals surface area (Å²) in [6.07, 6.45) is 5.47. The summed E-state index contributed by atoms with van der Waals surface area (Å²) < 4.78 is 0. The zero-order valence-electron chi connectivity index (χ0n) is 16.1. The summed E-state index contributed by atoms with van der Waals surface area (Å²) in [4.78, 5) is 30.6. The smallest absolute Gasteiger partial charge is 0.254 e. The van der Waals surface area contributed by atoms with Gasteiger partial charge >= 0.3 is 0 Å². The molecule has 0 spiro atoms. The highest BCUT2D eigenvalue weighted by atomic mass is 32.2. The van der Waals surface area contributed by atoms with Gasteiger partial charge in [0.2, 0.25) is 5.91 Å². The van der Waals surface area contributed by atoms with E-state index in [1.807, 2.05) is 52.3 Å². The third-order valence-electron chi connectivity index (χ3n) is 5.55. The van der Waals surface area contributed by atoms with Crippen molar-refractivity contribution in [3.8, 4) is 0 Å². The van der Waals surface area contributed by atoms with Crippen LogP contribution in [-0.4, -0.2) is 42.1 Å². The van der Waals surface area contributed by atoms with Crippen LogP contribution in [0.1, 0.15) is 41.6 Å². The van der Waals surface area contributed by atoms with E-state index in [-0.39, 0.29) is 11.8 Å². The van der Waals surface area contributed by atoms with Gasteiger partial charge in [-0.25, -0.2) is 0 Å². The Hall–Kier alpha value is -2.27. The highest BCUT2D eigenvalue weighted by molar-refractivity contribution is 8.00. The van der Waals surface area contributed by atoms with Crippen LogP contribution in [0, 0.1) is 0 Å². The standard InChI is InChI=1S/C23H26N2O2S/c26-22(25-16-13-18-9-3-5-11-20(18)25)17-28-21-12-6-4-10-19(21)23(27)24-14-7-1-2-8-15-24/h3-6,9-12H,1-2,7-8,13-17H2. The van der Waals surface area contributed by atoms with E-state index in [2.05, 4.69) is 6.07 Å². The maximum Gasteiger partial charge on any atom is 0.254 e. The van der Waals surface area contributed by atoms with Crippen molar-refractivity contribution in [2.45, 2.75) is 37.0 Å². The van der Waals surface area contributed by atoms with Gasteiger partial charge < -0.3 is 9.80 Å². The van der Waals surface area contributed by atoms with Gasteiger partial charge in [0.15, 0.2) is 0 Å². The van der Waals surface area contributed by atoms with E-state index in [9.17, 15) is 9.59 Å². The number of carbonyl (C=O) groups is 2. The Bertz CT molecular complexity index is 859. The molecule has 2 aromatic carbocycles. The molecule has 2 aliphatic heterocycles. The minimum absolute atomic E-state index is 0.101. The number of nitrogens with zero attached hydrogens (tertiary/aromatic N) is 2. The number of carbonyl (C=O) groups excluding carboxylic acids is 2. The third kappa shape index (κ3) is 4.09. The summed E-state index contributed by atoms with van der Waals surface area (Å²) in [5.74, 6) is 0.550. The van der Waals surface area contributed by atoms with Gasteiger partial charge in [-0.3, -0.25) is 9.59 Å². The lowest BCUT2D eigenvalue weighted by Gasteiger charge is -2.22. The summed E-state index contributed by atoms with van der Waals surface area (Å²) in [5.41, 5.74) is 2.99. The number of para-hydroxylation sites is 1. The van der Waals surface area contributed by atoms with E-state index in [0.717, 1.165) is 55.0 Å². The van der Waals surface area contributed by atoms with Gasteiger partial charge in [0.25, 0.3) is 5.91 Å². The van der Waals surface area contributed by atoms with Crippen molar-refractivity contribution in [2.24, 2.45) is 0 Å². The molecule has 4 nitrogen and oxygen atoms in total. The Balaban J connectivity index is 1.44. The topological polar surface area (TPSA) is 40.6 Å². The van der Waals surface area contributed by atoms with Crippen molar-refractivity contribution >= 4 is 29.3 Å². The Morgan fingerprint density at radius 2 is 1.57 bits per heavy atom. The minimum Gasteiger partial charge on any atom is -0.339 e. The molecule has 1 saturated heterocycles. The van der Waals surface area contributed by atoms with E-state index in [4.69, 9.17) is 0 Å². The van der Waals surface area contributed by atoms with Crippen molar-refractivity contribution in [2.75, 3.05) is 30.3 Å². The second-order valence-corrected chi connectivity index (χ2v) is 8.43. The molecule has 0 saturated carbocycles. The van der Waals surface area contributed by atoms with Crippen LogP contribution in [0.15, 0.2) is 53.4 Å². The van der Waals surface area contributed by atoms with E-state index in [1.54, 1.807) is 0 Å². The van der Waals surface area contributed by atoms with Crippen molar-refractivity contribution < 1.29 is 9.59 Å². The van der Waals surface area contributed by atoms with Crippen molar-refractivity contribution in [1.82, 2.24) is 4.90 Å². The zero-order valence-corrected chi connectivity index (χ0v) is 16.9. The van der Waals surface area contributed by atoms with Gasteiger partial charge in [-0.15, -0.1) is 11.8 Å². The first-order valence-electron chi connectivity index (χ1n) is 10.1. The molecule has 2 heterocycles. The number of anilines is 1. The summed E-state index contributed by atoms with van der Waals surface area (Å²) in [7, 11) is 0. The van der Waals surface area contributed by atoms with Crippen LogP contribution in [0.3, 0.4) is 0 Å². The number of likely N-dealkylation sites (tertiary alicyclic amines) is 1. The molecular weight excluding hydrogens is 368 g/mol. The van der Waals surface area contributed by atoms with Crippen LogP contribution in [0.5, 0.6) is 0 Å². The summed E-state index contributed by atoms with van der Waals surface area (Å²) in [6.45, 7) is 2.41. The van der Waals surface area contributed by atoms with Gasteiger partial charge in [-0.2, -0.15) is 0 Å². The van der Waals surface area contributed by atoms with E-state index in [1.165, 1.54) is 30.2 Å². The largest absolute Gasteiger partial charge is 0.339 e. The molecular formula is C23H26N2O2S. The Labute approximate surface area is 170 Å². The normalized spacial score (nSPS) is 16.6. The fourth-order valence-corrected chi connectivity index (χ4v) is 4.95. The highest BCUT2D eigenvalue weighted by Gasteiger charge is 2.25. The Morgan fingerprint density at radius 1 is 0.857 bits per heavy atom. The first-order valence-corrected chi connectivity index (χ1v) is 11.1. The SMILES string of the molecule is O=C(c1ccccc1SCC(=O)N1CCc2ccccc21)N1CCCCCC1. The number of benzene rings is 2. The molecule has 5 heteroatoms. The fraction of sp³-hybridized carbons (Fsp3) is 0.391. The molecule has 0 aromatic heterocycles. The van der Waals surface area contributed by atoms with Crippen molar-refractivity contribution in [3.63, 3.8) is 0 Å². The van der Waals surface area contributed by atoms with Gasteiger partial charge in [0, 0.05) is 30.2 Å². The average Bonchev–Trinajstić information content (AvgIpc) is 2.98. The molecule has 146 valence electrons. The third-order valence-corrected chi connectivity index (χ3v) is 6.61. The predicted molar refractivity (Wildman–Crippen MR) is 114 cm³/mol. The molecule has 28 heavy (non-hydrogen) atoms. The number of fused-ring (bicyclic) bond motifs is 1. The van der Waals surface area contributed by atoms with Crippen LogP contribution >= 0.6 is 11.8 Å². The zero-order chi connectivity index (χ0) is 19.3. The minimum atomic E-state index is 0.101. The second kappa shape index (κ2) is 8.82. The number of amides is 2. The summed E-state index contributed by atoms with van der Waals surface area (Å²) in [5, 5.41) is 0. The van der Waals surface area contributed by atoms with E-state index in [0.29, 0.717) is 5.75 Å². The van der Waals surface area contributed by atoms with Gasteiger partial charge in [0.1, 0.15) is 0 Å². The van der Waals surface area contributed by atoms with Crippen LogP contribution in [0.2, 0.25) is 0 Å². The molecule has 1 fully saturated rings. The summed E-state index contributed by atoms with van der Waals surface area (Å²) >= 11 is 1.48. The van der Waals surface area contributed by atoms with Crippen LogP contribution in [0.25, 0.3) is 0 Å². The quantitative estimate of drug-likeness (QED) is 0.723. The number of thioether (sulfide) groups is 1. The number of hydrogen-bond acceptors (Lipinski definition) is 3. The van der Waals surface area contributed by atoms with Crippen molar-refractivity contribution in [3.05, 3.63) is 59.7 Å². The maximum absolute atomic E-state index is 13.1. The molecule has 0 aliphatic carbocycles. The van der Waals surface area contributed by atoms with E-state index < -0.39 is 0 Å². The molecule has 0 radical (unpaired) electrons. The fourth-order valence-electron chi connectivity index (χ4n) is 4.03. The number of rotatable bonds is 4. The monoisotopic (exact) mass is 394 g/mol. The highest BCUT2D eigenvalue weighted by Crippen LogP contribution is 2.30. The molecule has 0 bridgehead atoms. The van der Waals surface area contributed by atoms with Gasteiger partial charge in [0.05, 0.1) is 11.3 Å². The lowest BCUT2D eigenvalue weighted by atomic mass is 10.2. The van der Waals surface area contributed by atoms with Gasteiger partial charge in [-0.05, 0) is 43.0 Å². The first kappa shape index (κ1) is 19.1. The molecule has 4 rings (SSSR count). The van der Waals surface area contributed by atoms with Crippen LogP contribution in [0.4, 0.5) is 5.69 Å². The molecule has 0 atom stereocenters. The molecule has 2 aromatic rings. The molecule has 2 amide bonds. The lowest BCUT2D eigenvalue weighted by molar-refractivity contribution is -0.116. The maximum atomic E-state index is 13.1. The Kier molecular flexibility index (Phi) is 6.01. The Morgan fingerprint density at radius 3 is 2.39 bits per heavy atom. The lowest BCUT2D eigenvalue weighted by Crippen LogP contribution is -2.32. The average molecular weight is 395 g/mol. The molecule has 0 unspecified atom stereocenters. The molecule has 0 N–H and O–H groups in total. The second-order valence-electron chi connectivity index (χ2n) is 7.42. The predicted octanol–water partition coefficient (Wildman–Crippen LogP) is 4.38. The first-order chi connectivity index (χ1) is 13.7. The molecule has 2 aliphatic rings. The van der Waals surface area contributed by atoms with Crippen molar-refractivity contribution in [1.29, 1.82) is 0 Å². The van der Waals surface area contributed by atoms with Gasteiger partial charge in [-0.1, -0.05) is 43.2 Å².